The highest BCUT2D eigenvalue weighted by Crippen LogP contribution is 2.22. The first kappa shape index (κ1) is 18.6. The molecule has 0 spiro atoms. The number of nitrogens with one attached hydrogen (secondary N) is 2. The fourth-order valence-corrected chi connectivity index (χ4v) is 3.14. The summed E-state index contributed by atoms with van der Waals surface area (Å²) in [5.74, 6) is -0.588. The molecule has 3 aromatic rings. The molecule has 4 rings (SSSR count). The van der Waals surface area contributed by atoms with Gasteiger partial charge in [-0.25, -0.2) is 13.8 Å². The molecule has 9 heteroatoms. The number of aromatic nitrogens is 4. The summed E-state index contributed by atoms with van der Waals surface area (Å²) in [5, 5.41) is 7.35. The fraction of sp³-hybridized carbons (Fsp3) is 0.368. The third-order valence-corrected chi connectivity index (χ3v) is 4.59. The highest BCUT2D eigenvalue weighted by atomic mass is 19.2. The topological polar surface area (TPSA) is 79.1 Å². The lowest BCUT2D eigenvalue weighted by Crippen LogP contribution is -2.38. The van der Waals surface area contributed by atoms with Gasteiger partial charge in [-0.1, -0.05) is 0 Å². The lowest BCUT2D eigenvalue weighted by atomic mass is 10.2. The normalized spacial score (nSPS) is 17.7. The monoisotopic (exact) mass is 389 g/mol. The van der Waals surface area contributed by atoms with Crippen molar-refractivity contribution in [3.05, 3.63) is 65.5 Å². The number of benzene rings is 1. The van der Waals surface area contributed by atoms with Gasteiger partial charge in [-0.2, -0.15) is 5.10 Å². The number of ether oxygens (including phenoxy) is 2. The molecule has 0 saturated carbocycles. The predicted octanol–water partition coefficient (Wildman–Crippen LogP) is 2.61. The highest BCUT2D eigenvalue weighted by molar-refractivity contribution is 5.23. The predicted molar refractivity (Wildman–Crippen MR) is 96.7 cm³/mol. The van der Waals surface area contributed by atoms with Crippen LogP contribution in [0, 0.1) is 11.6 Å². The molecule has 148 valence electrons. The van der Waals surface area contributed by atoms with Gasteiger partial charge in [-0.05, 0) is 18.2 Å². The number of morpholine rings is 1. The van der Waals surface area contributed by atoms with Crippen LogP contribution in [0.2, 0.25) is 0 Å². The van der Waals surface area contributed by atoms with Crippen LogP contribution >= 0.6 is 0 Å². The van der Waals surface area contributed by atoms with E-state index in [1.165, 1.54) is 6.07 Å². The van der Waals surface area contributed by atoms with Crippen LogP contribution in [-0.2, 0) is 17.7 Å². The Balaban J connectivity index is 1.29. The van der Waals surface area contributed by atoms with E-state index in [1.807, 2.05) is 12.3 Å². The molecule has 1 aromatic carbocycles. The molecule has 2 N–H and O–H groups in total. The maximum Gasteiger partial charge on any atom is 0.162 e. The largest absolute Gasteiger partial charge is 0.493 e. The van der Waals surface area contributed by atoms with Gasteiger partial charge in [0.25, 0.3) is 0 Å². The van der Waals surface area contributed by atoms with E-state index in [2.05, 4.69) is 25.1 Å². The van der Waals surface area contributed by atoms with Crippen molar-refractivity contribution < 1.29 is 18.3 Å². The summed E-state index contributed by atoms with van der Waals surface area (Å²) in [6.07, 6.45) is 4.01. The SMILES string of the molecule is Fc1ccc(OCCc2cc(C3CN(Cc4ncc[nH]4)CCO3)n[nH]2)cc1F. The van der Waals surface area contributed by atoms with Crippen LogP contribution in [0.15, 0.2) is 36.7 Å². The average molecular weight is 389 g/mol. The second kappa shape index (κ2) is 8.49. The Morgan fingerprint density at radius 3 is 3.00 bits per heavy atom. The van der Waals surface area contributed by atoms with Crippen molar-refractivity contribution >= 4 is 0 Å². The molecule has 0 amide bonds. The van der Waals surface area contributed by atoms with Gasteiger partial charge in [-0.15, -0.1) is 0 Å². The zero-order valence-electron chi connectivity index (χ0n) is 15.2. The second-order valence-corrected chi connectivity index (χ2v) is 6.62. The van der Waals surface area contributed by atoms with Gasteiger partial charge in [0.1, 0.15) is 17.7 Å². The lowest BCUT2D eigenvalue weighted by molar-refractivity contribution is -0.0356. The van der Waals surface area contributed by atoms with Gasteiger partial charge in [-0.3, -0.25) is 10.00 Å². The van der Waals surface area contributed by atoms with E-state index in [9.17, 15) is 8.78 Å². The molecule has 2 aromatic heterocycles. The van der Waals surface area contributed by atoms with Crippen LogP contribution in [0.4, 0.5) is 8.78 Å². The van der Waals surface area contributed by atoms with Gasteiger partial charge in [0.05, 0.1) is 25.5 Å². The molecule has 0 bridgehead atoms. The van der Waals surface area contributed by atoms with E-state index in [0.717, 1.165) is 49.0 Å². The Hall–Kier alpha value is -2.78. The van der Waals surface area contributed by atoms with Crippen LogP contribution in [0.3, 0.4) is 0 Å². The Labute approximate surface area is 160 Å². The number of hydrogen-bond donors (Lipinski definition) is 2. The van der Waals surface area contributed by atoms with E-state index in [4.69, 9.17) is 9.47 Å². The number of imidazole rings is 1. The molecule has 1 unspecified atom stereocenters. The van der Waals surface area contributed by atoms with Crippen molar-refractivity contribution in [1.29, 1.82) is 0 Å². The Morgan fingerprint density at radius 1 is 1.25 bits per heavy atom. The molecule has 28 heavy (non-hydrogen) atoms. The Morgan fingerprint density at radius 2 is 2.18 bits per heavy atom. The molecule has 1 aliphatic heterocycles. The summed E-state index contributed by atoms with van der Waals surface area (Å²) in [5.41, 5.74) is 1.73. The molecule has 1 aliphatic rings. The van der Waals surface area contributed by atoms with Crippen molar-refractivity contribution in [3.63, 3.8) is 0 Å². The zero-order chi connectivity index (χ0) is 19.3. The van der Waals surface area contributed by atoms with Gasteiger partial charge in [0.2, 0.25) is 0 Å². The third-order valence-electron chi connectivity index (χ3n) is 4.59. The average Bonchev–Trinajstić information content (AvgIpc) is 3.37. The number of H-pyrrole nitrogens is 2. The second-order valence-electron chi connectivity index (χ2n) is 6.62. The van der Waals surface area contributed by atoms with E-state index in [-0.39, 0.29) is 6.10 Å². The first-order chi connectivity index (χ1) is 13.7. The van der Waals surface area contributed by atoms with Crippen LogP contribution < -0.4 is 4.74 Å². The van der Waals surface area contributed by atoms with Crippen LogP contribution in [0.5, 0.6) is 5.75 Å². The van der Waals surface area contributed by atoms with Crippen molar-refractivity contribution in [2.24, 2.45) is 0 Å². The van der Waals surface area contributed by atoms with Gasteiger partial charge < -0.3 is 14.5 Å². The van der Waals surface area contributed by atoms with E-state index >= 15 is 0 Å². The van der Waals surface area contributed by atoms with E-state index in [0.29, 0.717) is 25.4 Å². The molecule has 0 radical (unpaired) electrons. The molecule has 1 saturated heterocycles. The summed E-state index contributed by atoms with van der Waals surface area (Å²) in [6.45, 7) is 3.27. The maximum absolute atomic E-state index is 13.2. The minimum atomic E-state index is -0.921. The minimum Gasteiger partial charge on any atom is -0.493 e. The smallest absolute Gasteiger partial charge is 0.162 e. The lowest BCUT2D eigenvalue weighted by Gasteiger charge is -2.31. The Bertz CT molecular complexity index is 900. The number of halogens is 2. The maximum atomic E-state index is 13.2. The van der Waals surface area contributed by atoms with E-state index in [1.54, 1.807) is 6.20 Å². The fourth-order valence-electron chi connectivity index (χ4n) is 3.14. The zero-order valence-corrected chi connectivity index (χ0v) is 15.2. The molecule has 1 fully saturated rings. The standard InChI is InChI=1S/C19H21F2N5O2/c20-15-2-1-14(10-16(15)21)27-7-3-13-9-17(25-24-13)18-11-26(6-8-28-18)12-19-22-4-5-23-19/h1-2,4-5,9-10,18H,3,6-8,11-12H2,(H,22,23)(H,24,25). The molecule has 1 atom stereocenters. The summed E-state index contributed by atoms with van der Waals surface area (Å²) in [7, 11) is 0. The molecule has 7 nitrogen and oxygen atoms in total. The molecule has 0 aliphatic carbocycles. The summed E-state index contributed by atoms with van der Waals surface area (Å²) < 4.78 is 37.5. The molecular weight excluding hydrogens is 368 g/mol. The van der Waals surface area contributed by atoms with Crippen molar-refractivity contribution in [2.75, 3.05) is 26.3 Å². The number of aromatic amines is 2. The van der Waals surface area contributed by atoms with Gasteiger partial charge >= 0.3 is 0 Å². The van der Waals surface area contributed by atoms with Crippen molar-refractivity contribution in [2.45, 2.75) is 19.1 Å². The highest BCUT2D eigenvalue weighted by Gasteiger charge is 2.24. The number of nitrogens with zero attached hydrogens (tertiary/aromatic N) is 3. The summed E-state index contributed by atoms with van der Waals surface area (Å²) in [4.78, 5) is 9.65. The quantitative estimate of drug-likeness (QED) is 0.649. The van der Waals surface area contributed by atoms with Crippen LogP contribution in [0.1, 0.15) is 23.3 Å². The first-order valence-corrected chi connectivity index (χ1v) is 9.11. The van der Waals surface area contributed by atoms with Gasteiger partial charge in [0, 0.05) is 43.7 Å². The summed E-state index contributed by atoms with van der Waals surface area (Å²) in [6, 6.07) is 5.45. The number of hydrogen-bond acceptors (Lipinski definition) is 5. The molecular formula is C19H21F2N5O2. The van der Waals surface area contributed by atoms with Crippen LogP contribution in [0.25, 0.3) is 0 Å². The van der Waals surface area contributed by atoms with Gasteiger partial charge in [0.15, 0.2) is 11.6 Å². The molecule has 3 heterocycles. The first-order valence-electron chi connectivity index (χ1n) is 9.11. The van der Waals surface area contributed by atoms with Crippen molar-refractivity contribution in [3.8, 4) is 5.75 Å². The number of rotatable bonds is 7. The van der Waals surface area contributed by atoms with Crippen LogP contribution in [-0.4, -0.2) is 51.4 Å². The Kier molecular flexibility index (Phi) is 5.63. The third kappa shape index (κ3) is 4.55. The van der Waals surface area contributed by atoms with Crippen molar-refractivity contribution in [1.82, 2.24) is 25.1 Å². The minimum absolute atomic E-state index is 0.110. The summed E-state index contributed by atoms with van der Waals surface area (Å²) >= 11 is 0. The van der Waals surface area contributed by atoms with E-state index < -0.39 is 11.6 Å².